The maximum Gasteiger partial charge on any atom is 0.251 e. The van der Waals surface area contributed by atoms with Gasteiger partial charge in [-0.2, -0.15) is 0 Å². The number of nitrogens with one attached hydrogen (secondary N) is 2. The fourth-order valence-corrected chi connectivity index (χ4v) is 2.68. The van der Waals surface area contributed by atoms with Crippen LogP contribution in [0.5, 0.6) is 11.5 Å². The third-order valence-corrected chi connectivity index (χ3v) is 4.24. The second-order valence-electron chi connectivity index (χ2n) is 6.77. The third-order valence-electron chi connectivity index (χ3n) is 4.24. The normalized spacial score (nSPS) is 15.3. The van der Waals surface area contributed by atoms with Crippen molar-refractivity contribution in [3.8, 4) is 11.5 Å². The third kappa shape index (κ3) is 5.00. The first-order valence-electron chi connectivity index (χ1n) is 9.10. The predicted molar refractivity (Wildman–Crippen MR) is 103 cm³/mol. The highest BCUT2D eigenvalue weighted by Gasteiger charge is 2.20. The van der Waals surface area contributed by atoms with Gasteiger partial charge in [-0.05, 0) is 30.3 Å². The number of amides is 2. The zero-order valence-electron chi connectivity index (χ0n) is 15.5. The van der Waals surface area contributed by atoms with E-state index >= 15 is 0 Å². The van der Waals surface area contributed by atoms with Crippen molar-refractivity contribution >= 4 is 17.5 Å². The molecule has 3 rings (SSSR count). The summed E-state index contributed by atoms with van der Waals surface area (Å²) in [5.41, 5.74) is 1.12. The van der Waals surface area contributed by atoms with Crippen LogP contribution in [0.15, 0.2) is 48.5 Å². The average Bonchev–Trinajstić information content (AvgIpc) is 2.68. The maximum absolute atomic E-state index is 12.4. The fraction of sp³-hybridized carbons (Fsp3) is 0.333. The van der Waals surface area contributed by atoms with Gasteiger partial charge < -0.3 is 20.1 Å². The lowest BCUT2D eigenvalue weighted by Gasteiger charge is -2.26. The molecule has 0 spiro atoms. The number of rotatable bonds is 6. The first-order chi connectivity index (χ1) is 13.0. The van der Waals surface area contributed by atoms with Crippen LogP contribution in [0.1, 0.15) is 30.6 Å². The molecule has 0 saturated heterocycles. The molecule has 1 aliphatic heterocycles. The van der Waals surface area contributed by atoms with E-state index in [4.69, 9.17) is 9.47 Å². The molecule has 0 fully saturated rings. The van der Waals surface area contributed by atoms with Crippen LogP contribution in [0.3, 0.4) is 0 Å². The van der Waals surface area contributed by atoms with E-state index in [1.54, 1.807) is 24.3 Å². The minimum absolute atomic E-state index is 0.0812. The fourth-order valence-electron chi connectivity index (χ4n) is 2.68. The molecule has 2 amide bonds. The van der Waals surface area contributed by atoms with Crippen molar-refractivity contribution in [1.82, 2.24) is 5.32 Å². The SMILES string of the molecule is CC(C)C(=O)Nc1cccc(C(=O)NCCC2COc3ccccc3O2)c1. The quantitative estimate of drug-likeness (QED) is 0.821. The number of fused-ring (bicyclic) bond motifs is 1. The standard InChI is InChI=1S/C21H24N2O4/c1-14(2)20(24)23-16-7-5-6-15(12-16)21(25)22-11-10-17-13-26-18-8-3-4-9-19(18)27-17/h3-9,12,14,17H,10-11,13H2,1-2H3,(H,22,25)(H,23,24). The summed E-state index contributed by atoms with van der Waals surface area (Å²) in [6.45, 7) is 4.57. The predicted octanol–water partition coefficient (Wildman–Crippen LogP) is 3.24. The Kier molecular flexibility index (Phi) is 5.96. The molecule has 0 radical (unpaired) electrons. The molecule has 0 aliphatic carbocycles. The van der Waals surface area contributed by atoms with E-state index in [-0.39, 0.29) is 23.8 Å². The number of benzene rings is 2. The number of hydrogen-bond donors (Lipinski definition) is 2. The van der Waals surface area contributed by atoms with Crippen molar-refractivity contribution in [3.63, 3.8) is 0 Å². The molecule has 0 bridgehead atoms. The van der Waals surface area contributed by atoms with E-state index in [1.165, 1.54) is 0 Å². The van der Waals surface area contributed by atoms with Gasteiger partial charge in [0.25, 0.3) is 5.91 Å². The Morgan fingerprint density at radius 1 is 1.11 bits per heavy atom. The van der Waals surface area contributed by atoms with Crippen LogP contribution in [-0.2, 0) is 4.79 Å². The summed E-state index contributed by atoms with van der Waals surface area (Å²) in [5, 5.41) is 5.68. The Morgan fingerprint density at radius 3 is 2.67 bits per heavy atom. The Bertz CT molecular complexity index is 819. The van der Waals surface area contributed by atoms with Crippen LogP contribution < -0.4 is 20.1 Å². The van der Waals surface area contributed by atoms with Crippen molar-refractivity contribution in [2.24, 2.45) is 5.92 Å². The van der Waals surface area contributed by atoms with Crippen LogP contribution >= 0.6 is 0 Å². The van der Waals surface area contributed by atoms with Crippen LogP contribution in [0.25, 0.3) is 0 Å². The molecule has 6 heteroatoms. The summed E-state index contributed by atoms with van der Waals surface area (Å²) in [6, 6.07) is 14.5. The Labute approximate surface area is 158 Å². The Balaban J connectivity index is 1.49. The maximum atomic E-state index is 12.4. The summed E-state index contributed by atoms with van der Waals surface area (Å²) >= 11 is 0. The van der Waals surface area contributed by atoms with Crippen molar-refractivity contribution in [3.05, 3.63) is 54.1 Å². The number of carbonyl (C=O) groups excluding carboxylic acids is 2. The van der Waals surface area contributed by atoms with Gasteiger partial charge in [0, 0.05) is 30.1 Å². The van der Waals surface area contributed by atoms with E-state index in [9.17, 15) is 9.59 Å². The lowest BCUT2D eigenvalue weighted by atomic mass is 10.1. The molecule has 27 heavy (non-hydrogen) atoms. The minimum atomic E-state index is -0.187. The highest BCUT2D eigenvalue weighted by Crippen LogP contribution is 2.31. The van der Waals surface area contributed by atoms with E-state index in [0.717, 1.165) is 11.5 Å². The average molecular weight is 368 g/mol. The molecule has 6 nitrogen and oxygen atoms in total. The molecular weight excluding hydrogens is 344 g/mol. The van der Waals surface area contributed by atoms with Crippen molar-refractivity contribution in [2.75, 3.05) is 18.5 Å². The number of hydrogen-bond acceptors (Lipinski definition) is 4. The monoisotopic (exact) mass is 368 g/mol. The van der Waals surface area contributed by atoms with Gasteiger partial charge in [0.2, 0.25) is 5.91 Å². The van der Waals surface area contributed by atoms with Gasteiger partial charge in [-0.3, -0.25) is 9.59 Å². The molecule has 0 aromatic heterocycles. The zero-order valence-corrected chi connectivity index (χ0v) is 15.5. The number of carbonyl (C=O) groups is 2. The number of para-hydroxylation sites is 2. The summed E-state index contributed by atoms with van der Waals surface area (Å²) in [4.78, 5) is 24.2. The molecular formula is C21H24N2O4. The smallest absolute Gasteiger partial charge is 0.251 e. The molecule has 2 N–H and O–H groups in total. The summed E-state index contributed by atoms with van der Waals surface area (Å²) < 4.78 is 11.6. The van der Waals surface area contributed by atoms with Crippen LogP contribution in [-0.4, -0.2) is 31.1 Å². The van der Waals surface area contributed by atoms with Gasteiger partial charge in [-0.15, -0.1) is 0 Å². The molecule has 0 saturated carbocycles. The first kappa shape index (κ1) is 18.8. The van der Waals surface area contributed by atoms with Crippen LogP contribution in [0.2, 0.25) is 0 Å². The van der Waals surface area contributed by atoms with Gasteiger partial charge in [0.05, 0.1) is 0 Å². The van der Waals surface area contributed by atoms with Crippen LogP contribution in [0, 0.1) is 5.92 Å². The summed E-state index contributed by atoms with van der Waals surface area (Å²) in [5.74, 6) is 1.09. The van der Waals surface area contributed by atoms with E-state index in [1.807, 2.05) is 38.1 Å². The molecule has 1 atom stereocenters. The lowest BCUT2D eigenvalue weighted by Crippen LogP contribution is -2.34. The summed E-state index contributed by atoms with van der Waals surface area (Å²) in [7, 11) is 0. The highest BCUT2D eigenvalue weighted by molar-refractivity contribution is 5.97. The van der Waals surface area contributed by atoms with E-state index in [2.05, 4.69) is 10.6 Å². The zero-order chi connectivity index (χ0) is 19.2. The Morgan fingerprint density at radius 2 is 1.89 bits per heavy atom. The highest BCUT2D eigenvalue weighted by atomic mass is 16.6. The molecule has 2 aromatic rings. The largest absolute Gasteiger partial charge is 0.486 e. The summed E-state index contributed by atoms with van der Waals surface area (Å²) in [6.07, 6.45) is 0.543. The second-order valence-corrected chi connectivity index (χ2v) is 6.77. The van der Waals surface area contributed by atoms with E-state index in [0.29, 0.717) is 30.8 Å². The molecule has 1 unspecified atom stereocenters. The lowest BCUT2D eigenvalue weighted by molar-refractivity contribution is -0.118. The Hall–Kier alpha value is -3.02. The van der Waals surface area contributed by atoms with Gasteiger partial charge in [-0.25, -0.2) is 0 Å². The second kappa shape index (κ2) is 8.58. The molecule has 2 aromatic carbocycles. The van der Waals surface area contributed by atoms with Crippen molar-refractivity contribution in [1.29, 1.82) is 0 Å². The molecule has 1 heterocycles. The first-order valence-corrected chi connectivity index (χ1v) is 9.10. The van der Waals surface area contributed by atoms with Gasteiger partial charge in [0.1, 0.15) is 12.7 Å². The minimum Gasteiger partial charge on any atom is -0.486 e. The topological polar surface area (TPSA) is 76.7 Å². The molecule has 1 aliphatic rings. The van der Waals surface area contributed by atoms with Crippen molar-refractivity contribution < 1.29 is 19.1 Å². The van der Waals surface area contributed by atoms with E-state index < -0.39 is 0 Å². The van der Waals surface area contributed by atoms with Gasteiger partial charge in [0.15, 0.2) is 11.5 Å². The molecule has 142 valence electrons. The van der Waals surface area contributed by atoms with Gasteiger partial charge in [-0.1, -0.05) is 32.0 Å². The van der Waals surface area contributed by atoms with Crippen LogP contribution in [0.4, 0.5) is 5.69 Å². The van der Waals surface area contributed by atoms with Gasteiger partial charge >= 0.3 is 0 Å². The van der Waals surface area contributed by atoms with Crippen molar-refractivity contribution in [2.45, 2.75) is 26.4 Å². The number of anilines is 1. The number of ether oxygens (including phenoxy) is 2.